The summed E-state index contributed by atoms with van der Waals surface area (Å²) in [5, 5.41) is 9.58. The molecule has 0 aliphatic rings. The topological polar surface area (TPSA) is 49.8 Å². The van der Waals surface area contributed by atoms with Crippen LogP contribution in [-0.4, -0.2) is 36.7 Å². The van der Waals surface area contributed by atoms with Gasteiger partial charge in [0.2, 0.25) is 0 Å². The van der Waals surface area contributed by atoms with Crippen molar-refractivity contribution in [2.45, 2.75) is 6.54 Å². The molecule has 6 heteroatoms. The Hall–Kier alpha value is -0.970. The zero-order valence-electron chi connectivity index (χ0n) is 9.54. The monoisotopic (exact) mass is 277 g/mol. The maximum absolute atomic E-state index is 10.6. The summed E-state index contributed by atoms with van der Waals surface area (Å²) in [7, 11) is 3.21. The van der Waals surface area contributed by atoms with Crippen LogP contribution in [0.1, 0.15) is 5.56 Å². The molecule has 1 N–H and O–H groups in total. The SMILES string of the molecule is COc1c(Cl)cc(Cl)cc1CN(C)CC(=O)O. The molecule has 0 unspecified atom stereocenters. The number of methoxy groups -OCH3 is 1. The lowest BCUT2D eigenvalue weighted by Crippen LogP contribution is -2.25. The Kier molecular flexibility index (Phi) is 5.05. The van der Waals surface area contributed by atoms with E-state index in [1.165, 1.54) is 7.11 Å². The van der Waals surface area contributed by atoms with Crippen molar-refractivity contribution in [3.05, 3.63) is 27.7 Å². The van der Waals surface area contributed by atoms with E-state index in [4.69, 9.17) is 33.0 Å². The fraction of sp³-hybridized carbons (Fsp3) is 0.364. The summed E-state index contributed by atoms with van der Waals surface area (Å²) in [6.07, 6.45) is 0. The number of carbonyl (C=O) groups is 1. The van der Waals surface area contributed by atoms with Gasteiger partial charge in [0.05, 0.1) is 18.7 Å². The van der Waals surface area contributed by atoms with Crippen LogP contribution in [0.2, 0.25) is 10.0 Å². The number of likely N-dealkylation sites (N-methyl/N-ethyl adjacent to an activating group) is 1. The predicted molar refractivity (Wildman–Crippen MR) is 67.0 cm³/mol. The highest BCUT2D eigenvalue weighted by Gasteiger charge is 2.13. The summed E-state index contributed by atoms with van der Waals surface area (Å²) in [4.78, 5) is 12.2. The maximum Gasteiger partial charge on any atom is 0.317 e. The number of benzene rings is 1. The molecule has 0 spiro atoms. The summed E-state index contributed by atoms with van der Waals surface area (Å²) < 4.78 is 5.17. The molecule has 0 bridgehead atoms. The lowest BCUT2D eigenvalue weighted by atomic mass is 10.2. The Balaban J connectivity index is 2.92. The highest BCUT2D eigenvalue weighted by atomic mass is 35.5. The predicted octanol–water partition coefficient (Wildman–Crippen LogP) is 2.52. The third-order valence-corrected chi connectivity index (χ3v) is 2.63. The van der Waals surface area contributed by atoms with E-state index in [1.807, 2.05) is 0 Å². The number of hydrogen-bond acceptors (Lipinski definition) is 3. The number of aliphatic carboxylic acids is 1. The second-order valence-electron chi connectivity index (χ2n) is 3.65. The van der Waals surface area contributed by atoms with Crippen LogP contribution in [-0.2, 0) is 11.3 Å². The molecule has 0 aromatic heterocycles. The summed E-state index contributed by atoms with van der Waals surface area (Å²) in [5.41, 5.74) is 0.758. The molecular weight excluding hydrogens is 265 g/mol. The number of nitrogens with zero attached hydrogens (tertiary/aromatic N) is 1. The van der Waals surface area contributed by atoms with Crippen molar-refractivity contribution < 1.29 is 14.6 Å². The van der Waals surface area contributed by atoms with E-state index < -0.39 is 5.97 Å². The van der Waals surface area contributed by atoms with Gasteiger partial charge in [-0.3, -0.25) is 9.69 Å². The summed E-state index contributed by atoms with van der Waals surface area (Å²) in [6, 6.07) is 3.30. The third-order valence-electron chi connectivity index (χ3n) is 2.13. The van der Waals surface area contributed by atoms with Crippen molar-refractivity contribution in [1.82, 2.24) is 4.90 Å². The van der Waals surface area contributed by atoms with Crippen molar-refractivity contribution in [1.29, 1.82) is 0 Å². The summed E-state index contributed by atoms with van der Waals surface area (Å²) in [6.45, 7) is 0.336. The largest absolute Gasteiger partial charge is 0.495 e. The number of rotatable bonds is 5. The first-order valence-corrected chi connectivity index (χ1v) is 5.62. The first-order chi connectivity index (χ1) is 7.93. The molecule has 0 aliphatic carbocycles. The molecular formula is C11H13Cl2NO3. The molecule has 0 heterocycles. The molecule has 0 fully saturated rings. The number of hydrogen-bond donors (Lipinski definition) is 1. The van der Waals surface area contributed by atoms with Crippen LogP contribution >= 0.6 is 23.2 Å². The molecule has 94 valence electrons. The fourth-order valence-corrected chi connectivity index (χ4v) is 2.15. The van der Waals surface area contributed by atoms with E-state index in [9.17, 15) is 4.79 Å². The van der Waals surface area contributed by atoms with Gasteiger partial charge in [0.15, 0.2) is 0 Å². The van der Waals surface area contributed by atoms with Crippen LogP contribution in [0.3, 0.4) is 0 Å². The molecule has 0 aliphatic heterocycles. The van der Waals surface area contributed by atoms with Crippen LogP contribution in [0.5, 0.6) is 5.75 Å². The van der Waals surface area contributed by atoms with Gasteiger partial charge in [0, 0.05) is 17.1 Å². The van der Waals surface area contributed by atoms with Gasteiger partial charge in [0.25, 0.3) is 0 Å². The smallest absolute Gasteiger partial charge is 0.317 e. The van der Waals surface area contributed by atoms with Gasteiger partial charge >= 0.3 is 5.97 Å². The van der Waals surface area contributed by atoms with E-state index in [0.29, 0.717) is 22.3 Å². The van der Waals surface area contributed by atoms with Crippen molar-refractivity contribution in [3.63, 3.8) is 0 Å². The Labute approximate surface area is 110 Å². The van der Waals surface area contributed by atoms with Crippen molar-refractivity contribution in [2.24, 2.45) is 0 Å². The summed E-state index contributed by atoms with van der Waals surface area (Å²) in [5.74, 6) is -0.368. The highest BCUT2D eigenvalue weighted by molar-refractivity contribution is 6.35. The molecule has 0 radical (unpaired) electrons. The number of carboxylic acid groups (broad SMARTS) is 1. The molecule has 0 atom stereocenters. The molecule has 17 heavy (non-hydrogen) atoms. The van der Waals surface area contributed by atoms with Gasteiger partial charge in [-0.05, 0) is 19.2 Å². The third kappa shape index (κ3) is 4.07. The van der Waals surface area contributed by atoms with Crippen LogP contribution in [0.4, 0.5) is 0 Å². The standard InChI is InChI=1S/C11H13Cl2NO3/c1-14(6-10(15)16)5-7-3-8(12)4-9(13)11(7)17-2/h3-4H,5-6H2,1-2H3,(H,15,16). The Morgan fingerprint density at radius 3 is 2.65 bits per heavy atom. The molecule has 0 saturated heterocycles. The van der Waals surface area contributed by atoms with Crippen molar-refractivity contribution >= 4 is 29.2 Å². The van der Waals surface area contributed by atoms with Crippen LogP contribution < -0.4 is 4.74 Å². The first kappa shape index (κ1) is 14.1. The normalized spacial score (nSPS) is 10.6. The van der Waals surface area contributed by atoms with E-state index in [2.05, 4.69) is 0 Å². The van der Waals surface area contributed by atoms with Gasteiger partial charge in [-0.25, -0.2) is 0 Å². The number of ether oxygens (including phenoxy) is 1. The fourth-order valence-electron chi connectivity index (χ4n) is 1.54. The van der Waals surface area contributed by atoms with Gasteiger partial charge in [-0.15, -0.1) is 0 Å². The number of carboxylic acids is 1. The second kappa shape index (κ2) is 6.10. The van der Waals surface area contributed by atoms with E-state index in [0.717, 1.165) is 5.56 Å². The van der Waals surface area contributed by atoms with Crippen molar-refractivity contribution in [2.75, 3.05) is 20.7 Å². The van der Waals surface area contributed by atoms with E-state index in [-0.39, 0.29) is 6.54 Å². The number of halogens is 2. The average molecular weight is 278 g/mol. The van der Waals surface area contributed by atoms with Crippen LogP contribution in [0.15, 0.2) is 12.1 Å². The highest BCUT2D eigenvalue weighted by Crippen LogP contribution is 2.32. The molecule has 1 rings (SSSR count). The molecule has 0 saturated carbocycles. The van der Waals surface area contributed by atoms with Gasteiger partial charge < -0.3 is 9.84 Å². The maximum atomic E-state index is 10.6. The zero-order chi connectivity index (χ0) is 13.0. The summed E-state index contributed by atoms with van der Waals surface area (Å²) >= 11 is 11.9. The van der Waals surface area contributed by atoms with Crippen molar-refractivity contribution in [3.8, 4) is 5.75 Å². The quantitative estimate of drug-likeness (QED) is 0.899. The molecule has 1 aromatic carbocycles. The first-order valence-electron chi connectivity index (χ1n) is 4.86. The van der Waals surface area contributed by atoms with Crippen LogP contribution in [0, 0.1) is 0 Å². The minimum absolute atomic E-state index is 0.0622. The molecule has 0 amide bonds. The Morgan fingerprint density at radius 1 is 1.47 bits per heavy atom. The lowest BCUT2D eigenvalue weighted by Gasteiger charge is -2.17. The van der Waals surface area contributed by atoms with E-state index >= 15 is 0 Å². The Morgan fingerprint density at radius 2 is 2.12 bits per heavy atom. The van der Waals surface area contributed by atoms with Gasteiger partial charge in [-0.2, -0.15) is 0 Å². The van der Waals surface area contributed by atoms with Gasteiger partial charge in [0.1, 0.15) is 5.75 Å². The zero-order valence-corrected chi connectivity index (χ0v) is 11.0. The molecule has 4 nitrogen and oxygen atoms in total. The lowest BCUT2D eigenvalue weighted by molar-refractivity contribution is -0.138. The van der Waals surface area contributed by atoms with Gasteiger partial charge in [-0.1, -0.05) is 23.2 Å². The average Bonchev–Trinajstić information content (AvgIpc) is 2.15. The minimum Gasteiger partial charge on any atom is -0.495 e. The second-order valence-corrected chi connectivity index (χ2v) is 4.49. The van der Waals surface area contributed by atoms with E-state index in [1.54, 1.807) is 24.1 Å². The minimum atomic E-state index is -0.889. The molecule has 1 aromatic rings. The Bertz CT molecular complexity index is 423. The van der Waals surface area contributed by atoms with Crippen LogP contribution in [0.25, 0.3) is 0 Å².